The Morgan fingerprint density at radius 3 is 2.67 bits per heavy atom. The molecule has 1 saturated carbocycles. The number of nitrogens with zero attached hydrogens (tertiary/aromatic N) is 5. The monoisotopic (exact) mass is 364 g/mol. The van der Waals surface area contributed by atoms with Crippen molar-refractivity contribution in [2.24, 2.45) is 0 Å². The summed E-state index contributed by atoms with van der Waals surface area (Å²) in [6, 6.07) is 4.43. The minimum atomic E-state index is 0.0582. The van der Waals surface area contributed by atoms with Crippen molar-refractivity contribution >= 4 is 17.1 Å². The van der Waals surface area contributed by atoms with Gasteiger partial charge in [0, 0.05) is 43.1 Å². The molecule has 2 aliphatic rings. The maximum atomic E-state index is 12.9. The van der Waals surface area contributed by atoms with Gasteiger partial charge in [0.1, 0.15) is 5.52 Å². The molecule has 1 N–H and O–H groups in total. The van der Waals surface area contributed by atoms with Crippen molar-refractivity contribution in [1.82, 2.24) is 29.6 Å². The van der Waals surface area contributed by atoms with Crippen LogP contribution in [0.4, 0.5) is 0 Å². The zero-order chi connectivity index (χ0) is 18.2. The average molecular weight is 364 g/mol. The van der Waals surface area contributed by atoms with Crippen LogP contribution in [0.15, 0.2) is 30.9 Å². The first kappa shape index (κ1) is 16.5. The molecular formula is C20H24N6O. The average Bonchev–Trinajstić information content (AvgIpc) is 3.48. The third-order valence-electron chi connectivity index (χ3n) is 6.12. The van der Waals surface area contributed by atoms with Crippen LogP contribution >= 0.6 is 0 Å². The van der Waals surface area contributed by atoms with Crippen LogP contribution in [-0.2, 0) is 0 Å². The van der Waals surface area contributed by atoms with Crippen LogP contribution in [0.1, 0.15) is 66.5 Å². The number of pyridine rings is 1. The molecule has 4 heterocycles. The van der Waals surface area contributed by atoms with E-state index in [0.29, 0.717) is 17.5 Å². The van der Waals surface area contributed by atoms with Crippen molar-refractivity contribution < 1.29 is 4.79 Å². The van der Waals surface area contributed by atoms with Crippen LogP contribution in [0.3, 0.4) is 0 Å². The first-order valence-electron chi connectivity index (χ1n) is 9.91. The largest absolute Gasteiger partial charge is 0.339 e. The second kappa shape index (κ2) is 6.79. The summed E-state index contributed by atoms with van der Waals surface area (Å²) in [6.45, 7) is 1.52. The minimum absolute atomic E-state index is 0.0582. The number of aromatic amines is 1. The van der Waals surface area contributed by atoms with E-state index >= 15 is 0 Å². The highest BCUT2D eigenvalue weighted by molar-refractivity contribution is 5.96. The Morgan fingerprint density at radius 1 is 1.11 bits per heavy atom. The molecule has 0 atom stereocenters. The number of hydrogen-bond acceptors (Lipinski definition) is 4. The lowest BCUT2D eigenvalue weighted by molar-refractivity contribution is 0.0712. The first-order chi connectivity index (χ1) is 13.3. The van der Waals surface area contributed by atoms with Gasteiger partial charge in [0.05, 0.1) is 11.9 Å². The molecule has 0 unspecified atom stereocenters. The van der Waals surface area contributed by atoms with Crippen LogP contribution in [0.5, 0.6) is 0 Å². The molecule has 7 heteroatoms. The Hall–Kier alpha value is -2.70. The van der Waals surface area contributed by atoms with Gasteiger partial charge in [-0.1, -0.05) is 12.8 Å². The molecule has 3 aromatic rings. The van der Waals surface area contributed by atoms with Gasteiger partial charge in [0.25, 0.3) is 5.91 Å². The highest BCUT2D eigenvalue weighted by Gasteiger charge is 2.26. The van der Waals surface area contributed by atoms with E-state index in [1.165, 1.54) is 31.4 Å². The molecule has 1 aliphatic carbocycles. The summed E-state index contributed by atoms with van der Waals surface area (Å²) >= 11 is 0. The SMILES string of the molecule is O=C(c1cnc2c(c1)ncn2C1CCCC1)N1CCC(c2ccn[nH]2)CC1. The van der Waals surface area contributed by atoms with E-state index in [9.17, 15) is 4.79 Å². The van der Waals surface area contributed by atoms with Crippen molar-refractivity contribution in [2.75, 3.05) is 13.1 Å². The van der Waals surface area contributed by atoms with Gasteiger partial charge in [-0.05, 0) is 37.8 Å². The number of nitrogens with one attached hydrogen (secondary N) is 1. The molecule has 0 aromatic carbocycles. The molecular weight excluding hydrogens is 340 g/mol. The van der Waals surface area contributed by atoms with Gasteiger partial charge < -0.3 is 9.47 Å². The van der Waals surface area contributed by atoms with E-state index in [1.807, 2.05) is 23.4 Å². The normalized spacial score (nSPS) is 19.2. The number of amides is 1. The lowest BCUT2D eigenvalue weighted by atomic mass is 9.93. The van der Waals surface area contributed by atoms with E-state index in [2.05, 4.69) is 24.7 Å². The Kier molecular flexibility index (Phi) is 4.14. The van der Waals surface area contributed by atoms with Crippen molar-refractivity contribution in [3.8, 4) is 0 Å². The Balaban J connectivity index is 1.31. The molecule has 0 spiro atoms. The maximum absolute atomic E-state index is 12.9. The van der Waals surface area contributed by atoms with Gasteiger partial charge in [-0.25, -0.2) is 9.97 Å². The fraction of sp³-hybridized carbons (Fsp3) is 0.500. The van der Waals surface area contributed by atoms with E-state index in [0.717, 1.165) is 37.1 Å². The van der Waals surface area contributed by atoms with E-state index in [4.69, 9.17) is 0 Å². The number of H-pyrrole nitrogens is 1. The zero-order valence-corrected chi connectivity index (χ0v) is 15.3. The van der Waals surface area contributed by atoms with Crippen LogP contribution in [0.25, 0.3) is 11.2 Å². The summed E-state index contributed by atoms with van der Waals surface area (Å²) in [7, 11) is 0. The van der Waals surface area contributed by atoms with Gasteiger partial charge >= 0.3 is 0 Å². The molecule has 27 heavy (non-hydrogen) atoms. The number of carbonyl (C=O) groups excluding carboxylic acids is 1. The minimum Gasteiger partial charge on any atom is -0.339 e. The number of piperidine rings is 1. The number of likely N-dealkylation sites (tertiary alicyclic amines) is 1. The Morgan fingerprint density at radius 2 is 1.93 bits per heavy atom. The molecule has 1 aliphatic heterocycles. The van der Waals surface area contributed by atoms with Crippen LogP contribution in [0.2, 0.25) is 0 Å². The first-order valence-corrected chi connectivity index (χ1v) is 9.91. The van der Waals surface area contributed by atoms with Crippen LogP contribution in [0, 0.1) is 0 Å². The third kappa shape index (κ3) is 3.01. The number of imidazole rings is 1. The number of fused-ring (bicyclic) bond motifs is 1. The van der Waals surface area contributed by atoms with Gasteiger partial charge in [-0.2, -0.15) is 5.10 Å². The van der Waals surface area contributed by atoms with Gasteiger partial charge in [-0.3, -0.25) is 9.89 Å². The molecule has 1 saturated heterocycles. The predicted octanol–water partition coefficient (Wildman–Crippen LogP) is 3.29. The Bertz CT molecular complexity index is 933. The van der Waals surface area contributed by atoms with Crippen molar-refractivity contribution in [3.05, 3.63) is 42.1 Å². The molecule has 0 radical (unpaired) electrons. The lowest BCUT2D eigenvalue weighted by Crippen LogP contribution is -2.38. The molecule has 5 rings (SSSR count). The Labute approximate surface area is 157 Å². The standard InChI is InChI=1S/C20H24N6O/c27-20(25-9-6-14(7-10-25)17-5-8-23-24-17)15-11-18-19(21-12-15)26(13-22-18)16-3-1-2-4-16/h5,8,11-14,16H,1-4,6-7,9-10H2,(H,23,24). The number of rotatable bonds is 3. The predicted molar refractivity (Wildman–Crippen MR) is 101 cm³/mol. The summed E-state index contributed by atoms with van der Waals surface area (Å²) in [4.78, 5) is 24.0. The molecule has 3 aromatic heterocycles. The lowest BCUT2D eigenvalue weighted by Gasteiger charge is -2.31. The fourth-order valence-corrected chi connectivity index (χ4v) is 4.56. The highest BCUT2D eigenvalue weighted by atomic mass is 16.2. The number of aromatic nitrogens is 5. The number of carbonyl (C=O) groups is 1. The summed E-state index contributed by atoms with van der Waals surface area (Å²) in [5, 5.41) is 7.09. The quantitative estimate of drug-likeness (QED) is 0.773. The smallest absolute Gasteiger partial charge is 0.255 e. The van der Waals surface area contributed by atoms with Gasteiger partial charge in [0.2, 0.25) is 0 Å². The summed E-state index contributed by atoms with van der Waals surface area (Å²) in [6.07, 6.45) is 12.2. The molecule has 1 amide bonds. The summed E-state index contributed by atoms with van der Waals surface area (Å²) in [5.41, 5.74) is 3.53. The summed E-state index contributed by atoms with van der Waals surface area (Å²) in [5.74, 6) is 0.516. The highest BCUT2D eigenvalue weighted by Crippen LogP contribution is 2.32. The van der Waals surface area contributed by atoms with E-state index in [-0.39, 0.29) is 5.91 Å². The molecule has 140 valence electrons. The second-order valence-electron chi connectivity index (χ2n) is 7.74. The molecule has 0 bridgehead atoms. The second-order valence-corrected chi connectivity index (χ2v) is 7.74. The van der Waals surface area contributed by atoms with Gasteiger partial charge in [-0.15, -0.1) is 0 Å². The van der Waals surface area contributed by atoms with E-state index < -0.39 is 0 Å². The van der Waals surface area contributed by atoms with E-state index in [1.54, 1.807) is 12.4 Å². The third-order valence-corrected chi connectivity index (χ3v) is 6.12. The number of hydrogen-bond donors (Lipinski definition) is 1. The van der Waals surface area contributed by atoms with Crippen molar-refractivity contribution in [3.63, 3.8) is 0 Å². The fourth-order valence-electron chi connectivity index (χ4n) is 4.56. The topological polar surface area (TPSA) is 79.7 Å². The van der Waals surface area contributed by atoms with Crippen molar-refractivity contribution in [2.45, 2.75) is 50.5 Å². The molecule has 7 nitrogen and oxygen atoms in total. The molecule has 2 fully saturated rings. The van der Waals surface area contributed by atoms with Crippen molar-refractivity contribution in [1.29, 1.82) is 0 Å². The van der Waals surface area contributed by atoms with Gasteiger partial charge in [0.15, 0.2) is 5.65 Å². The summed E-state index contributed by atoms with van der Waals surface area (Å²) < 4.78 is 2.19. The van der Waals surface area contributed by atoms with Crippen LogP contribution in [-0.4, -0.2) is 48.6 Å². The maximum Gasteiger partial charge on any atom is 0.255 e. The zero-order valence-electron chi connectivity index (χ0n) is 15.3. The van der Waals surface area contributed by atoms with Crippen LogP contribution < -0.4 is 0 Å².